The molecule has 2 N–H and O–H groups in total. The average Bonchev–Trinajstić information content (AvgIpc) is 2.90. The van der Waals surface area contributed by atoms with Crippen molar-refractivity contribution in [1.82, 2.24) is 10.3 Å². The topological polar surface area (TPSA) is 44.9 Å². The fourth-order valence-corrected chi connectivity index (χ4v) is 3.37. The van der Waals surface area contributed by atoms with Gasteiger partial charge in [0.2, 0.25) is 5.91 Å². The largest absolute Gasteiger partial charge is 0.361 e. The van der Waals surface area contributed by atoms with E-state index in [1.165, 1.54) is 16.7 Å². The van der Waals surface area contributed by atoms with E-state index in [0.717, 1.165) is 22.9 Å². The van der Waals surface area contributed by atoms with Gasteiger partial charge in [-0.1, -0.05) is 36.4 Å². The van der Waals surface area contributed by atoms with Crippen molar-refractivity contribution in [3.8, 4) is 0 Å². The van der Waals surface area contributed by atoms with Crippen LogP contribution in [0.25, 0.3) is 10.9 Å². The predicted molar refractivity (Wildman–Crippen MR) is 104 cm³/mol. The number of hydrogen-bond acceptors (Lipinski definition) is 1. The first-order chi connectivity index (χ1) is 11.8. The van der Waals surface area contributed by atoms with Crippen LogP contribution in [0.1, 0.15) is 36.1 Å². The summed E-state index contributed by atoms with van der Waals surface area (Å²) in [5.74, 6) is 0.0556. The van der Waals surface area contributed by atoms with Gasteiger partial charge in [0.15, 0.2) is 0 Å². The van der Waals surface area contributed by atoms with Gasteiger partial charge in [0.1, 0.15) is 0 Å². The molecule has 3 nitrogen and oxygen atoms in total. The van der Waals surface area contributed by atoms with Gasteiger partial charge in [-0.3, -0.25) is 4.79 Å². The van der Waals surface area contributed by atoms with Gasteiger partial charge >= 0.3 is 0 Å². The van der Waals surface area contributed by atoms with E-state index in [-0.39, 0.29) is 11.4 Å². The molecule has 0 bridgehead atoms. The van der Waals surface area contributed by atoms with Gasteiger partial charge < -0.3 is 10.3 Å². The third kappa shape index (κ3) is 4.11. The maximum atomic E-state index is 12.6. The van der Waals surface area contributed by atoms with Crippen molar-refractivity contribution in [2.75, 3.05) is 0 Å². The Morgan fingerprint density at radius 3 is 2.60 bits per heavy atom. The lowest BCUT2D eigenvalue weighted by Gasteiger charge is -2.27. The summed E-state index contributed by atoms with van der Waals surface area (Å²) in [4.78, 5) is 15.9. The zero-order chi connectivity index (χ0) is 18.0. The molecule has 3 heteroatoms. The first kappa shape index (κ1) is 17.3. The van der Waals surface area contributed by atoms with Crippen molar-refractivity contribution in [1.29, 1.82) is 0 Å². The van der Waals surface area contributed by atoms with Gasteiger partial charge in [-0.2, -0.15) is 0 Å². The van der Waals surface area contributed by atoms with Crippen molar-refractivity contribution < 1.29 is 4.79 Å². The minimum absolute atomic E-state index is 0.0556. The molecule has 0 fully saturated rings. The number of aromatic nitrogens is 1. The van der Waals surface area contributed by atoms with E-state index in [1.807, 2.05) is 18.3 Å². The molecule has 1 aromatic heterocycles. The average molecular weight is 334 g/mol. The van der Waals surface area contributed by atoms with Gasteiger partial charge in [0.25, 0.3) is 0 Å². The van der Waals surface area contributed by atoms with Gasteiger partial charge in [0.05, 0.1) is 6.42 Å². The van der Waals surface area contributed by atoms with Crippen LogP contribution in [0, 0.1) is 13.8 Å². The number of rotatable bonds is 5. The Morgan fingerprint density at radius 2 is 1.84 bits per heavy atom. The number of carbonyl (C=O) groups excluding carboxylic acids is 1. The van der Waals surface area contributed by atoms with Gasteiger partial charge in [-0.15, -0.1) is 0 Å². The standard InChI is InChI=1S/C22H26N2O/c1-15-9-10-19-18(14-23-20(19)11-15)12-21(25)24-22(3,4)13-17-8-6-5-7-16(17)2/h5-11,14,23H,12-13H2,1-4H3,(H,24,25). The number of amides is 1. The summed E-state index contributed by atoms with van der Waals surface area (Å²) < 4.78 is 0. The lowest BCUT2D eigenvalue weighted by Crippen LogP contribution is -2.45. The van der Waals surface area contributed by atoms with E-state index < -0.39 is 0 Å². The Labute approximate surface area is 149 Å². The molecule has 2 aromatic carbocycles. The van der Waals surface area contributed by atoms with Gasteiger partial charge in [-0.05, 0) is 62.4 Å². The first-order valence-corrected chi connectivity index (χ1v) is 8.76. The maximum absolute atomic E-state index is 12.6. The second-order valence-corrected chi connectivity index (χ2v) is 7.58. The highest BCUT2D eigenvalue weighted by Gasteiger charge is 2.22. The zero-order valence-corrected chi connectivity index (χ0v) is 15.4. The van der Waals surface area contributed by atoms with Crippen LogP contribution in [0.3, 0.4) is 0 Å². The molecule has 25 heavy (non-hydrogen) atoms. The number of fused-ring (bicyclic) bond motifs is 1. The van der Waals surface area contributed by atoms with Crippen LogP contribution in [0.15, 0.2) is 48.7 Å². The Bertz CT molecular complexity index is 905. The summed E-state index contributed by atoms with van der Waals surface area (Å²) in [5.41, 5.74) is 5.59. The van der Waals surface area contributed by atoms with E-state index in [0.29, 0.717) is 6.42 Å². The minimum Gasteiger partial charge on any atom is -0.361 e. The van der Waals surface area contributed by atoms with E-state index in [2.05, 4.69) is 68.3 Å². The fraction of sp³-hybridized carbons (Fsp3) is 0.318. The minimum atomic E-state index is -0.286. The highest BCUT2D eigenvalue weighted by atomic mass is 16.1. The van der Waals surface area contributed by atoms with Crippen molar-refractivity contribution >= 4 is 16.8 Å². The van der Waals surface area contributed by atoms with Gasteiger partial charge in [-0.25, -0.2) is 0 Å². The Balaban J connectivity index is 1.69. The number of aromatic amines is 1. The Hall–Kier alpha value is -2.55. The van der Waals surface area contributed by atoms with Crippen molar-refractivity contribution in [2.24, 2.45) is 0 Å². The molecule has 130 valence electrons. The highest BCUT2D eigenvalue weighted by Crippen LogP contribution is 2.21. The Kier molecular flexibility index (Phi) is 4.67. The van der Waals surface area contributed by atoms with Gasteiger partial charge in [0, 0.05) is 22.6 Å². The number of benzene rings is 2. The van der Waals surface area contributed by atoms with Crippen molar-refractivity contribution in [2.45, 2.75) is 46.1 Å². The SMILES string of the molecule is Cc1ccc2c(CC(=O)NC(C)(C)Cc3ccccc3C)c[nH]c2c1. The van der Waals surface area contributed by atoms with E-state index in [1.54, 1.807) is 0 Å². The predicted octanol–water partition coefficient (Wildman–Crippen LogP) is 4.46. The smallest absolute Gasteiger partial charge is 0.224 e. The Morgan fingerprint density at radius 1 is 1.08 bits per heavy atom. The molecular weight excluding hydrogens is 308 g/mol. The molecule has 3 rings (SSSR count). The molecule has 0 atom stereocenters. The number of nitrogens with one attached hydrogen (secondary N) is 2. The van der Waals surface area contributed by atoms with Crippen LogP contribution in [0.5, 0.6) is 0 Å². The number of carbonyl (C=O) groups is 1. The van der Waals surface area contributed by atoms with Crippen LogP contribution in [-0.2, 0) is 17.6 Å². The van der Waals surface area contributed by atoms with Crippen LogP contribution in [-0.4, -0.2) is 16.4 Å². The molecule has 0 aliphatic heterocycles. The van der Waals surface area contributed by atoms with Crippen LogP contribution in [0.4, 0.5) is 0 Å². The third-order valence-corrected chi connectivity index (χ3v) is 4.65. The van der Waals surface area contributed by atoms with Crippen LogP contribution >= 0.6 is 0 Å². The summed E-state index contributed by atoms with van der Waals surface area (Å²) in [7, 11) is 0. The summed E-state index contributed by atoms with van der Waals surface area (Å²) in [6.07, 6.45) is 3.15. The summed E-state index contributed by atoms with van der Waals surface area (Å²) in [6, 6.07) is 14.6. The van der Waals surface area contributed by atoms with E-state index in [9.17, 15) is 4.79 Å². The molecule has 3 aromatic rings. The van der Waals surface area contributed by atoms with Crippen molar-refractivity contribution in [3.63, 3.8) is 0 Å². The maximum Gasteiger partial charge on any atom is 0.224 e. The second-order valence-electron chi connectivity index (χ2n) is 7.58. The normalized spacial score (nSPS) is 11.7. The first-order valence-electron chi connectivity index (χ1n) is 8.76. The second kappa shape index (κ2) is 6.75. The number of hydrogen-bond donors (Lipinski definition) is 2. The fourth-order valence-electron chi connectivity index (χ4n) is 3.37. The lowest BCUT2D eigenvalue weighted by molar-refractivity contribution is -0.122. The third-order valence-electron chi connectivity index (χ3n) is 4.65. The highest BCUT2D eigenvalue weighted by molar-refractivity contribution is 5.89. The number of aryl methyl sites for hydroxylation is 2. The molecule has 0 spiro atoms. The molecule has 0 radical (unpaired) electrons. The molecule has 1 amide bonds. The molecule has 0 aliphatic rings. The van der Waals surface area contributed by atoms with E-state index in [4.69, 9.17) is 0 Å². The lowest BCUT2D eigenvalue weighted by atomic mass is 9.92. The van der Waals surface area contributed by atoms with E-state index >= 15 is 0 Å². The number of H-pyrrole nitrogens is 1. The summed E-state index contributed by atoms with van der Waals surface area (Å²) >= 11 is 0. The monoisotopic (exact) mass is 334 g/mol. The summed E-state index contributed by atoms with van der Waals surface area (Å²) in [6.45, 7) is 8.34. The molecule has 0 saturated heterocycles. The molecule has 0 unspecified atom stereocenters. The van der Waals surface area contributed by atoms with Crippen LogP contribution in [0.2, 0.25) is 0 Å². The van der Waals surface area contributed by atoms with Crippen molar-refractivity contribution in [3.05, 3.63) is 70.9 Å². The molecule has 1 heterocycles. The summed E-state index contributed by atoms with van der Waals surface area (Å²) in [5, 5.41) is 4.32. The van der Waals surface area contributed by atoms with Crippen LogP contribution < -0.4 is 5.32 Å². The quantitative estimate of drug-likeness (QED) is 0.711. The molecule has 0 aliphatic carbocycles. The zero-order valence-electron chi connectivity index (χ0n) is 15.4. The molecule has 0 saturated carbocycles. The molecular formula is C22H26N2O.